The average molecular weight is 314 g/mol. The first-order chi connectivity index (χ1) is 11.0. The fourth-order valence-electron chi connectivity index (χ4n) is 1.96. The van der Waals surface area contributed by atoms with Crippen molar-refractivity contribution < 1.29 is 14.0 Å². The Bertz CT molecular complexity index is 698. The molecule has 0 aromatic heterocycles. The maximum atomic E-state index is 13.6. The number of hydrogen-bond donors (Lipinski definition) is 2. The van der Waals surface area contributed by atoms with Gasteiger partial charge >= 0.3 is 0 Å². The van der Waals surface area contributed by atoms with Gasteiger partial charge in [0.25, 0.3) is 11.8 Å². The number of carbonyl (C=O) groups excluding carboxylic acids is 2. The second-order valence-electron chi connectivity index (χ2n) is 5.29. The van der Waals surface area contributed by atoms with Gasteiger partial charge in [0.2, 0.25) is 0 Å². The van der Waals surface area contributed by atoms with Gasteiger partial charge in [0.05, 0.1) is 5.56 Å². The molecule has 2 N–H and O–H groups in total. The lowest BCUT2D eigenvalue weighted by Crippen LogP contribution is -2.31. The minimum absolute atomic E-state index is 0.0221. The van der Waals surface area contributed by atoms with Crippen LogP contribution in [0.3, 0.4) is 0 Å². The molecule has 1 atom stereocenters. The zero-order chi connectivity index (χ0) is 16.8. The molecule has 23 heavy (non-hydrogen) atoms. The van der Waals surface area contributed by atoms with Gasteiger partial charge in [-0.1, -0.05) is 19.1 Å². The molecule has 2 amide bonds. The van der Waals surface area contributed by atoms with E-state index in [9.17, 15) is 14.0 Å². The maximum Gasteiger partial charge on any atom is 0.258 e. The molecule has 0 radical (unpaired) electrons. The van der Waals surface area contributed by atoms with Gasteiger partial charge in [-0.15, -0.1) is 0 Å². The minimum atomic E-state index is -0.574. The zero-order valence-electron chi connectivity index (χ0n) is 13.1. The molecule has 5 heteroatoms. The van der Waals surface area contributed by atoms with Crippen LogP contribution in [0.15, 0.2) is 48.5 Å². The molecule has 2 aromatic carbocycles. The third-order valence-electron chi connectivity index (χ3n) is 3.51. The van der Waals surface area contributed by atoms with Gasteiger partial charge in [0, 0.05) is 17.3 Å². The van der Waals surface area contributed by atoms with Crippen molar-refractivity contribution in [2.24, 2.45) is 0 Å². The molecule has 4 nitrogen and oxygen atoms in total. The van der Waals surface area contributed by atoms with Crippen LogP contribution >= 0.6 is 0 Å². The average Bonchev–Trinajstić information content (AvgIpc) is 2.55. The van der Waals surface area contributed by atoms with Crippen molar-refractivity contribution in [1.29, 1.82) is 0 Å². The summed E-state index contributed by atoms with van der Waals surface area (Å²) in [5, 5.41) is 5.47. The van der Waals surface area contributed by atoms with E-state index in [1.165, 1.54) is 18.2 Å². The molecule has 0 aliphatic carbocycles. The van der Waals surface area contributed by atoms with E-state index >= 15 is 0 Å². The van der Waals surface area contributed by atoms with Crippen LogP contribution in [0.4, 0.5) is 10.1 Å². The lowest BCUT2D eigenvalue weighted by atomic mass is 10.1. The van der Waals surface area contributed by atoms with Gasteiger partial charge in [-0.3, -0.25) is 9.59 Å². The van der Waals surface area contributed by atoms with E-state index < -0.39 is 11.7 Å². The molecule has 0 saturated heterocycles. The van der Waals surface area contributed by atoms with Crippen molar-refractivity contribution in [2.45, 2.75) is 26.3 Å². The summed E-state index contributed by atoms with van der Waals surface area (Å²) in [5.74, 6) is -1.26. The van der Waals surface area contributed by atoms with Crippen LogP contribution in [0.2, 0.25) is 0 Å². The molecule has 0 saturated carbocycles. The first-order valence-electron chi connectivity index (χ1n) is 7.48. The molecule has 1 unspecified atom stereocenters. The quantitative estimate of drug-likeness (QED) is 0.886. The van der Waals surface area contributed by atoms with Crippen molar-refractivity contribution in [3.05, 3.63) is 65.5 Å². The number of benzene rings is 2. The maximum absolute atomic E-state index is 13.6. The van der Waals surface area contributed by atoms with E-state index in [4.69, 9.17) is 0 Å². The standard InChI is InChI=1S/C18H19FN2O2/c1-3-12(2)20-17(22)13-8-10-14(11-9-13)21-18(23)15-6-4-5-7-16(15)19/h4-12H,3H2,1-2H3,(H,20,22)(H,21,23). The van der Waals surface area contributed by atoms with Gasteiger partial charge in [0.15, 0.2) is 0 Å². The van der Waals surface area contributed by atoms with Crippen molar-refractivity contribution in [1.82, 2.24) is 5.32 Å². The van der Waals surface area contributed by atoms with Crippen molar-refractivity contribution in [2.75, 3.05) is 5.32 Å². The number of rotatable bonds is 5. The monoisotopic (exact) mass is 314 g/mol. The zero-order valence-corrected chi connectivity index (χ0v) is 13.1. The minimum Gasteiger partial charge on any atom is -0.350 e. The highest BCUT2D eigenvalue weighted by molar-refractivity contribution is 6.04. The molecule has 0 spiro atoms. The Balaban J connectivity index is 2.04. The van der Waals surface area contributed by atoms with Gasteiger partial charge < -0.3 is 10.6 Å². The van der Waals surface area contributed by atoms with Crippen LogP contribution in [-0.4, -0.2) is 17.9 Å². The van der Waals surface area contributed by atoms with Crippen LogP contribution in [0.5, 0.6) is 0 Å². The Morgan fingerprint density at radius 1 is 1.04 bits per heavy atom. The smallest absolute Gasteiger partial charge is 0.258 e. The summed E-state index contributed by atoms with van der Waals surface area (Å²) in [6.07, 6.45) is 0.850. The van der Waals surface area contributed by atoms with E-state index in [0.717, 1.165) is 6.42 Å². The lowest BCUT2D eigenvalue weighted by molar-refractivity contribution is 0.0938. The Morgan fingerprint density at radius 2 is 1.70 bits per heavy atom. The van der Waals surface area contributed by atoms with E-state index in [0.29, 0.717) is 11.3 Å². The highest BCUT2D eigenvalue weighted by Crippen LogP contribution is 2.13. The van der Waals surface area contributed by atoms with Gasteiger partial charge in [-0.25, -0.2) is 4.39 Å². The summed E-state index contributed by atoms with van der Waals surface area (Å²) in [4.78, 5) is 24.0. The van der Waals surface area contributed by atoms with E-state index in [1.807, 2.05) is 13.8 Å². The van der Waals surface area contributed by atoms with Crippen LogP contribution in [0.1, 0.15) is 41.0 Å². The predicted molar refractivity (Wildman–Crippen MR) is 88.0 cm³/mol. The number of hydrogen-bond acceptors (Lipinski definition) is 2. The summed E-state index contributed by atoms with van der Waals surface area (Å²) < 4.78 is 13.6. The Hall–Kier alpha value is -2.69. The summed E-state index contributed by atoms with van der Waals surface area (Å²) in [6.45, 7) is 3.92. The molecule has 0 aliphatic rings. The summed E-state index contributed by atoms with van der Waals surface area (Å²) >= 11 is 0. The first kappa shape index (κ1) is 16.7. The van der Waals surface area contributed by atoms with Gasteiger partial charge in [-0.2, -0.15) is 0 Å². The summed E-state index contributed by atoms with van der Waals surface area (Å²) in [6, 6.07) is 12.3. The predicted octanol–water partition coefficient (Wildman–Crippen LogP) is 3.61. The molecular formula is C18H19FN2O2. The molecule has 120 valence electrons. The molecule has 2 aromatic rings. The van der Waals surface area contributed by atoms with Crippen LogP contribution < -0.4 is 10.6 Å². The topological polar surface area (TPSA) is 58.2 Å². The van der Waals surface area contributed by atoms with Crippen LogP contribution in [0.25, 0.3) is 0 Å². The fourth-order valence-corrected chi connectivity index (χ4v) is 1.96. The highest BCUT2D eigenvalue weighted by Gasteiger charge is 2.12. The molecule has 0 fully saturated rings. The largest absolute Gasteiger partial charge is 0.350 e. The van der Waals surface area contributed by atoms with E-state index in [-0.39, 0.29) is 17.5 Å². The van der Waals surface area contributed by atoms with Crippen molar-refractivity contribution in [3.8, 4) is 0 Å². The fraction of sp³-hybridized carbons (Fsp3) is 0.222. The molecule has 0 bridgehead atoms. The van der Waals surface area contributed by atoms with E-state index in [2.05, 4.69) is 10.6 Å². The van der Waals surface area contributed by atoms with Crippen LogP contribution in [0, 0.1) is 5.82 Å². The molecular weight excluding hydrogens is 295 g/mol. The number of anilines is 1. The number of amides is 2. The van der Waals surface area contributed by atoms with Crippen molar-refractivity contribution in [3.63, 3.8) is 0 Å². The SMILES string of the molecule is CCC(C)NC(=O)c1ccc(NC(=O)c2ccccc2F)cc1. The summed E-state index contributed by atoms with van der Waals surface area (Å²) in [5.41, 5.74) is 0.985. The number of carbonyl (C=O) groups is 2. The third-order valence-corrected chi connectivity index (χ3v) is 3.51. The second kappa shape index (κ2) is 7.54. The number of nitrogens with one attached hydrogen (secondary N) is 2. The van der Waals surface area contributed by atoms with E-state index in [1.54, 1.807) is 30.3 Å². The molecule has 0 heterocycles. The lowest BCUT2D eigenvalue weighted by Gasteiger charge is -2.12. The van der Waals surface area contributed by atoms with Gasteiger partial charge in [0.1, 0.15) is 5.82 Å². The second-order valence-corrected chi connectivity index (χ2v) is 5.29. The highest BCUT2D eigenvalue weighted by atomic mass is 19.1. The Labute approximate surface area is 134 Å². The van der Waals surface area contributed by atoms with Crippen molar-refractivity contribution >= 4 is 17.5 Å². The van der Waals surface area contributed by atoms with Crippen LogP contribution in [-0.2, 0) is 0 Å². The Kier molecular flexibility index (Phi) is 5.46. The number of halogens is 1. The van der Waals surface area contributed by atoms with Gasteiger partial charge in [-0.05, 0) is 49.7 Å². The first-order valence-corrected chi connectivity index (χ1v) is 7.48. The Morgan fingerprint density at radius 3 is 2.30 bits per heavy atom. The molecule has 2 rings (SSSR count). The normalized spacial score (nSPS) is 11.6. The molecule has 0 aliphatic heterocycles. The third kappa shape index (κ3) is 4.39. The summed E-state index contributed by atoms with van der Waals surface area (Å²) in [7, 11) is 0.